The van der Waals surface area contributed by atoms with Crippen LogP contribution >= 0.6 is 0 Å². The molecule has 0 bridgehead atoms. The molecule has 6 heteroatoms. The van der Waals surface area contributed by atoms with E-state index in [0.29, 0.717) is 19.1 Å². The van der Waals surface area contributed by atoms with Crippen molar-refractivity contribution in [3.63, 3.8) is 0 Å². The van der Waals surface area contributed by atoms with Crippen LogP contribution in [0, 0.1) is 0 Å². The highest BCUT2D eigenvalue weighted by Gasteiger charge is 2.16. The van der Waals surface area contributed by atoms with Crippen LogP contribution in [0.5, 0.6) is 5.75 Å². The average molecular weight is 535 g/mol. The molecule has 4 aromatic rings. The van der Waals surface area contributed by atoms with Crippen molar-refractivity contribution in [1.82, 2.24) is 15.2 Å². The number of hydrogen-bond donors (Lipinski definition) is 2. The van der Waals surface area contributed by atoms with E-state index in [4.69, 9.17) is 4.74 Å². The molecule has 5 rings (SSSR count). The number of carbonyl (C=O) groups excluding carboxylic acids is 1. The quantitative estimate of drug-likeness (QED) is 0.222. The molecule has 0 atom stereocenters. The fourth-order valence-electron chi connectivity index (χ4n) is 5.24. The lowest BCUT2D eigenvalue weighted by Crippen LogP contribution is -2.34. The van der Waals surface area contributed by atoms with E-state index in [0.717, 1.165) is 29.1 Å². The second-order valence-electron chi connectivity index (χ2n) is 10.5. The van der Waals surface area contributed by atoms with Crippen LogP contribution in [0.2, 0.25) is 0 Å². The van der Waals surface area contributed by atoms with Crippen LogP contribution < -0.4 is 15.4 Å². The van der Waals surface area contributed by atoms with Gasteiger partial charge in [0.25, 0.3) is 0 Å². The molecule has 2 amide bonds. The monoisotopic (exact) mass is 534 g/mol. The largest absolute Gasteiger partial charge is 0.497 e. The summed E-state index contributed by atoms with van der Waals surface area (Å²) in [4.78, 5) is 19.4. The van der Waals surface area contributed by atoms with Crippen molar-refractivity contribution in [2.24, 2.45) is 0 Å². The number of ether oxygens (including phenoxy) is 1. The van der Waals surface area contributed by atoms with Gasteiger partial charge in [-0.25, -0.2) is 4.79 Å². The molecule has 3 aromatic carbocycles. The zero-order valence-corrected chi connectivity index (χ0v) is 23.2. The van der Waals surface area contributed by atoms with Crippen molar-refractivity contribution >= 4 is 11.7 Å². The SMILES string of the molecule is COc1ccc(NC(=O)N(Cc2ccc(-c3cccc(CNC4CCCCC4)c3)cc2)Cc2cccnc2)cc1. The molecule has 1 fully saturated rings. The van der Waals surface area contributed by atoms with Gasteiger partial charge in [-0.2, -0.15) is 0 Å². The Hall–Kier alpha value is -4.16. The lowest BCUT2D eigenvalue weighted by Gasteiger charge is -2.24. The van der Waals surface area contributed by atoms with E-state index in [1.807, 2.05) is 36.4 Å². The molecule has 2 N–H and O–H groups in total. The third-order valence-corrected chi connectivity index (χ3v) is 7.51. The van der Waals surface area contributed by atoms with Crippen molar-refractivity contribution in [3.8, 4) is 16.9 Å². The topological polar surface area (TPSA) is 66.5 Å². The molecule has 1 heterocycles. The minimum absolute atomic E-state index is 0.170. The van der Waals surface area contributed by atoms with E-state index in [1.54, 1.807) is 24.4 Å². The summed E-state index contributed by atoms with van der Waals surface area (Å²) in [5.41, 5.74) is 6.44. The van der Waals surface area contributed by atoms with Crippen LogP contribution in [-0.4, -0.2) is 29.1 Å². The van der Waals surface area contributed by atoms with Gasteiger partial charge in [0.2, 0.25) is 0 Å². The summed E-state index contributed by atoms with van der Waals surface area (Å²) in [7, 11) is 1.63. The number of rotatable bonds is 10. The van der Waals surface area contributed by atoms with Gasteiger partial charge in [-0.3, -0.25) is 4.98 Å². The summed E-state index contributed by atoms with van der Waals surface area (Å²) in [6.45, 7) is 1.83. The predicted molar refractivity (Wildman–Crippen MR) is 161 cm³/mol. The number of pyridine rings is 1. The Morgan fingerprint density at radius 2 is 1.60 bits per heavy atom. The van der Waals surface area contributed by atoms with Crippen LogP contribution in [-0.2, 0) is 19.6 Å². The van der Waals surface area contributed by atoms with E-state index in [2.05, 4.69) is 64.1 Å². The molecule has 1 saturated carbocycles. The van der Waals surface area contributed by atoms with Gasteiger partial charge in [0.15, 0.2) is 0 Å². The number of anilines is 1. The molecular formula is C34H38N4O2. The van der Waals surface area contributed by atoms with Crippen LogP contribution in [0.25, 0.3) is 11.1 Å². The fraction of sp³-hybridized carbons (Fsp3) is 0.294. The van der Waals surface area contributed by atoms with Crippen molar-refractivity contribution in [1.29, 1.82) is 0 Å². The molecular weight excluding hydrogens is 496 g/mol. The van der Waals surface area contributed by atoms with Gasteiger partial charge in [0.05, 0.1) is 7.11 Å². The normalized spacial score (nSPS) is 13.5. The molecule has 0 aliphatic heterocycles. The summed E-state index contributed by atoms with van der Waals surface area (Å²) < 4.78 is 5.23. The van der Waals surface area contributed by atoms with Gasteiger partial charge in [0.1, 0.15) is 5.75 Å². The van der Waals surface area contributed by atoms with E-state index in [9.17, 15) is 4.79 Å². The molecule has 0 saturated heterocycles. The lowest BCUT2D eigenvalue weighted by atomic mass is 9.95. The number of urea groups is 1. The number of benzene rings is 3. The highest BCUT2D eigenvalue weighted by atomic mass is 16.5. The van der Waals surface area contributed by atoms with Crippen molar-refractivity contribution in [2.45, 2.75) is 57.8 Å². The predicted octanol–water partition coefficient (Wildman–Crippen LogP) is 7.41. The van der Waals surface area contributed by atoms with Crippen LogP contribution in [0.15, 0.2) is 97.3 Å². The zero-order valence-electron chi connectivity index (χ0n) is 23.2. The molecule has 40 heavy (non-hydrogen) atoms. The summed E-state index contributed by atoms with van der Waals surface area (Å²) in [5, 5.41) is 6.76. The van der Waals surface area contributed by atoms with Gasteiger partial charge in [-0.05, 0) is 77.1 Å². The number of methoxy groups -OCH3 is 1. The summed E-state index contributed by atoms with van der Waals surface area (Å²) in [5.74, 6) is 0.747. The maximum atomic E-state index is 13.3. The third-order valence-electron chi connectivity index (χ3n) is 7.51. The maximum absolute atomic E-state index is 13.3. The molecule has 1 aliphatic rings. The molecule has 6 nitrogen and oxygen atoms in total. The number of nitrogens with one attached hydrogen (secondary N) is 2. The number of hydrogen-bond acceptors (Lipinski definition) is 4. The van der Waals surface area contributed by atoms with Gasteiger partial charge < -0.3 is 20.3 Å². The van der Waals surface area contributed by atoms with Gasteiger partial charge in [-0.1, -0.05) is 67.8 Å². The van der Waals surface area contributed by atoms with E-state index < -0.39 is 0 Å². The molecule has 0 spiro atoms. The minimum atomic E-state index is -0.170. The van der Waals surface area contributed by atoms with Crippen molar-refractivity contribution in [3.05, 3.63) is 114 Å². The Morgan fingerprint density at radius 1 is 0.850 bits per heavy atom. The Kier molecular flexibility index (Phi) is 9.43. The lowest BCUT2D eigenvalue weighted by molar-refractivity contribution is 0.206. The van der Waals surface area contributed by atoms with Crippen LogP contribution in [0.1, 0.15) is 48.8 Å². The zero-order chi connectivity index (χ0) is 27.6. The Bertz CT molecular complexity index is 1350. The van der Waals surface area contributed by atoms with Crippen LogP contribution in [0.3, 0.4) is 0 Å². The first-order valence-electron chi connectivity index (χ1n) is 14.2. The van der Waals surface area contributed by atoms with E-state index >= 15 is 0 Å². The first kappa shape index (κ1) is 27.4. The summed E-state index contributed by atoms with van der Waals surface area (Å²) in [6.07, 6.45) is 10.2. The van der Waals surface area contributed by atoms with E-state index in [1.165, 1.54) is 48.8 Å². The fourth-order valence-corrected chi connectivity index (χ4v) is 5.24. The van der Waals surface area contributed by atoms with Crippen LogP contribution in [0.4, 0.5) is 10.5 Å². The Balaban J connectivity index is 1.26. The molecule has 206 valence electrons. The third kappa shape index (κ3) is 7.70. The van der Waals surface area contributed by atoms with Gasteiger partial charge in [-0.15, -0.1) is 0 Å². The number of carbonyl (C=O) groups is 1. The number of nitrogens with zero attached hydrogens (tertiary/aromatic N) is 2. The first-order valence-corrected chi connectivity index (χ1v) is 14.2. The van der Waals surface area contributed by atoms with Gasteiger partial charge >= 0.3 is 6.03 Å². The number of aromatic nitrogens is 1. The highest BCUT2D eigenvalue weighted by Crippen LogP contribution is 2.23. The van der Waals surface area contributed by atoms with Gasteiger partial charge in [0, 0.05) is 43.8 Å². The average Bonchev–Trinajstić information content (AvgIpc) is 3.01. The molecule has 1 aromatic heterocycles. The van der Waals surface area contributed by atoms with Crippen molar-refractivity contribution in [2.75, 3.05) is 12.4 Å². The summed E-state index contributed by atoms with van der Waals surface area (Å²) in [6, 6.07) is 29.0. The first-order chi connectivity index (χ1) is 19.7. The molecule has 0 radical (unpaired) electrons. The second kappa shape index (κ2) is 13.8. The minimum Gasteiger partial charge on any atom is -0.497 e. The summed E-state index contributed by atoms with van der Waals surface area (Å²) >= 11 is 0. The van der Waals surface area contributed by atoms with E-state index in [-0.39, 0.29) is 6.03 Å². The smallest absolute Gasteiger partial charge is 0.322 e. The standard InChI is InChI=1S/C34H38N4O2/c1-40-33-18-16-32(17-19-33)37-34(39)38(25-28-8-6-20-35-22-28)24-26-12-14-29(15-13-26)30-9-5-7-27(21-30)23-36-31-10-3-2-4-11-31/h5-9,12-22,31,36H,2-4,10-11,23-25H2,1H3,(H,37,39). The highest BCUT2D eigenvalue weighted by molar-refractivity contribution is 5.89. The second-order valence-corrected chi connectivity index (χ2v) is 10.5. The molecule has 1 aliphatic carbocycles. The Morgan fingerprint density at radius 3 is 2.33 bits per heavy atom. The maximum Gasteiger partial charge on any atom is 0.322 e. The van der Waals surface area contributed by atoms with Crippen molar-refractivity contribution < 1.29 is 9.53 Å². The molecule has 0 unspecified atom stereocenters. The Labute approximate surface area is 237 Å². The number of amides is 2.